The summed E-state index contributed by atoms with van der Waals surface area (Å²) in [5.74, 6) is 0. The zero-order valence-corrected chi connectivity index (χ0v) is 12.8. The van der Waals surface area contributed by atoms with E-state index in [9.17, 15) is 0 Å². The number of fused-ring (bicyclic) bond motifs is 1. The average molecular weight is 291 g/mol. The van der Waals surface area contributed by atoms with Gasteiger partial charge in [-0.2, -0.15) is 5.10 Å². The van der Waals surface area contributed by atoms with E-state index in [-0.39, 0.29) is 6.10 Å². The van der Waals surface area contributed by atoms with Gasteiger partial charge in [0.05, 0.1) is 31.6 Å². The van der Waals surface area contributed by atoms with Crippen molar-refractivity contribution in [2.45, 2.75) is 44.1 Å². The molecule has 1 aromatic rings. The molecule has 2 aliphatic rings. The van der Waals surface area contributed by atoms with Gasteiger partial charge < -0.3 is 9.47 Å². The van der Waals surface area contributed by atoms with Gasteiger partial charge in [0, 0.05) is 37.9 Å². The third kappa shape index (κ3) is 3.54. The highest BCUT2D eigenvalue weighted by atomic mass is 16.5. The molecule has 1 aromatic heterocycles. The highest BCUT2D eigenvalue weighted by Crippen LogP contribution is 2.32. The maximum atomic E-state index is 6.21. The molecule has 116 valence electrons. The molecule has 5 heteroatoms. The van der Waals surface area contributed by atoms with Gasteiger partial charge in [0.15, 0.2) is 0 Å². The SMILES string of the molecule is C=CCOC[C@H]1CC[C@H]2[C@H](CCN2Cc2cnn(C)c2)O1. The van der Waals surface area contributed by atoms with Crippen LogP contribution in [-0.2, 0) is 23.1 Å². The third-order valence-corrected chi connectivity index (χ3v) is 4.43. The lowest BCUT2D eigenvalue weighted by Crippen LogP contribution is -2.43. The quantitative estimate of drug-likeness (QED) is 0.591. The normalized spacial score (nSPS) is 29.5. The number of hydrogen-bond acceptors (Lipinski definition) is 4. The van der Waals surface area contributed by atoms with Gasteiger partial charge in [-0.05, 0) is 19.3 Å². The molecule has 2 fully saturated rings. The summed E-state index contributed by atoms with van der Waals surface area (Å²) in [6, 6.07) is 0.556. The average Bonchev–Trinajstić information content (AvgIpc) is 3.06. The van der Waals surface area contributed by atoms with Gasteiger partial charge in [-0.25, -0.2) is 0 Å². The summed E-state index contributed by atoms with van der Waals surface area (Å²) < 4.78 is 13.6. The number of likely N-dealkylation sites (tertiary alicyclic amines) is 1. The Bertz CT molecular complexity index is 474. The smallest absolute Gasteiger partial charge is 0.0813 e. The molecule has 0 unspecified atom stereocenters. The molecule has 0 amide bonds. The van der Waals surface area contributed by atoms with E-state index in [0.29, 0.717) is 25.4 Å². The van der Waals surface area contributed by atoms with Crippen molar-refractivity contribution in [3.05, 3.63) is 30.6 Å². The van der Waals surface area contributed by atoms with E-state index in [0.717, 1.165) is 25.9 Å². The Balaban J connectivity index is 1.51. The standard InChI is InChI=1S/C16H25N3O2/c1-3-8-20-12-14-4-5-15-16(21-14)6-7-19(15)11-13-9-17-18(2)10-13/h3,9-10,14-16H,1,4-8,11-12H2,2H3/t14-,15+,16+/m1/s1. The van der Waals surface area contributed by atoms with E-state index in [2.05, 4.69) is 22.8 Å². The number of ether oxygens (including phenoxy) is 2. The molecule has 5 nitrogen and oxygen atoms in total. The van der Waals surface area contributed by atoms with Crippen LogP contribution in [0.25, 0.3) is 0 Å². The van der Waals surface area contributed by atoms with Gasteiger partial charge in [-0.3, -0.25) is 9.58 Å². The van der Waals surface area contributed by atoms with Crippen LogP contribution in [0.1, 0.15) is 24.8 Å². The van der Waals surface area contributed by atoms with E-state index >= 15 is 0 Å². The molecule has 3 atom stereocenters. The van der Waals surface area contributed by atoms with E-state index in [1.807, 2.05) is 17.9 Å². The predicted octanol–water partition coefficient (Wildman–Crippen LogP) is 1.74. The topological polar surface area (TPSA) is 39.5 Å². The van der Waals surface area contributed by atoms with Crippen LogP contribution in [0.15, 0.2) is 25.0 Å². The fraction of sp³-hybridized carbons (Fsp3) is 0.688. The first-order valence-electron chi connectivity index (χ1n) is 7.82. The largest absolute Gasteiger partial charge is 0.375 e. The number of nitrogens with zero attached hydrogens (tertiary/aromatic N) is 3. The van der Waals surface area contributed by atoms with Crippen molar-refractivity contribution in [1.82, 2.24) is 14.7 Å². The number of aromatic nitrogens is 2. The third-order valence-electron chi connectivity index (χ3n) is 4.43. The molecule has 0 aromatic carbocycles. The highest BCUT2D eigenvalue weighted by molar-refractivity contribution is 5.05. The molecule has 21 heavy (non-hydrogen) atoms. The lowest BCUT2D eigenvalue weighted by atomic mass is 9.99. The Morgan fingerprint density at radius 2 is 2.38 bits per heavy atom. The van der Waals surface area contributed by atoms with Crippen molar-refractivity contribution in [2.24, 2.45) is 7.05 Å². The molecule has 2 aliphatic heterocycles. The van der Waals surface area contributed by atoms with Crippen LogP contribution in [0.4, 0.5) is 0 Å². The van der Waals surface area contributed by atoms with Crippen LogP contribution in [0.3, 0.4) is 0 Å². The molecule has 0 aliphatic carbocycles. The van der Waals surface area contributed by atoms with Gasteiger partial charge in [0.2, 0.25) is 0 Å². The maximum Gasteiger partial charge on any atom is 0.0813 e. The van der Waals surface area contributed by atoms with Crippen LogP contribution in [0, 0.1) is 0 Å². The molecule has 0 radical (unpaired) electrons. The van der Waals surface area contributed by atoms with Crippen molar-refractivity contribution in [2.75, 3.05) is 19.8 Å². The van der Waals surface area contributed by atoms with Crippen LogP contribution in [0.2, 0.25) is 0 Å². The Kier molecular flexibility index (Phi) is 4.73. The predicted molar refractivity (Wildman–Crippen MR) is 80.9 cm³/mol. The molecule has 0 bridgehead atoms. The lowest BCUT2D eigenvalue weighted by molar-refractivity contribution is -0.0971. The molecular weight excluding hydrogens is 266 g/mol. The summed E-state index contributed by atoms with van der Waals surface area (Å²) in [5, 5.41) is 4.25. The van der Waals surface area contributed by atoms with Crippen molar-refractivity contribution >= 4 is 0 Å². The summed E-state index contributed by atoms with van der Waals surface area (Å²) >= 11 is 0. The Morgan fingerprint density at radius 3 is 3.14 bits per heavy atom. The van der Waals surface area contributed by atoms with E-state index < -0.39 is 0 Å². The molecule has 3 heterocycles. The molecule has 3 rings (SSSR count). The van der Waals surface area contributed by atoms with Crippen LogP contribution < -0.4 is 0 Å². The minimum absolute atomic E-state index is 0.254. The number of hydrogen-bond donors (Lipinski definition) is 0. The van der Waals surface area contributed by atoms with Gasteiger partial charge in [0.1, 0.15) is 0 Å². The fourth-order valence-corrected chi connectivity index (χ4v) is 3.48. The highest BCUT2D eigenvalue weighted by Gasteiger charge is 2.39. The Morgan fingerprint density at radius 1 is 1.48 bits per heavy atom. The van der Waals surface area contributed by atoms with Crippen molar-refractivity contribution < 1.29 is 9.47 Å². The zero-order chi connectivity index (χ0) is 14.7. The van der Waals surface area contributed by atoms with Crippen LogP contribution >= 0.6 is 0 Å². The molecule has 0 saturated carbocycles. The summed E-state index contributed by atoms with van der Waals surface area (Å²) in [6.07, 6.45) is 9.89. The van der Waals surface area contributed by atoms with Gasteiger partial charge in [0.25, 0.3) is 0 Å². The van der Waals surface area contributed by atoms with Crippen molar-refractivity contribution in [3.63, 3.8) is 0 Å². The summed E-state index contributed by atoms with van der Waals surface area (Å²) in [4.78, 5) is 2.54. The first kappa shape index (κ1) is 14.8. The van der Waals surface area contributed by atoms with E-state index in [1.54, 1.807) is 6.08 Å². The van der Waals surface area contributed by atoms with Crippen LogP contribution in [-0.4, -0.2) is 52.7 Å². The molecule has 0 N–H and O–H groups in total. The van der Waals surface area contributed by atoms with Crippen molar-refractivity contribution in [1.29, 1.82) is 0 Å². The van der Waals surface area contributed by atoms with Gasteiger partial charge in [-0.15, -0.1) is 6.58 Å². The fourth-order valence-electron chi connectivity index (χ4n) is 3.48. The van der Waals surface area contributed by atoms with Gasteiger partial charge >= 0.3 is 0 Å². The Labute approximate surface area is 126 Å². The van der Waals surface area contributed by atoms with E-state index in [4.69, 9.17) is 9.47 Å². The maximum absolute atomic E-state index is 6.21. The first-order chi connectivity index (χ1) is 10.3. The second-order valence-corrected chi connectivity index (χ2v) is 6.05. The van der Waals surface area contributed by atoms with Crippen molar-refractivity contribution in [3.8, 4) is 0 Å². The molecule has 2 saturated heterocycles. The number of rotatable bonds is 6. The first-order valence-corrected chi connectivity index (χ1v) is 7.82. The Hall–Kier alpha value is -1.17. The second-order valence-electron chi connectivity index (χ2n) is 6.05. The minimum Gasteiger partial charge on any atom is -0.375 e. The van der Waals surface area contributed by atoms with Crippen LogP contribution in [0.5, 0.6) is 0 Å². The van der Waals surface area contributed by atoms with E-state index in [1.165, 1.54) is 12.0 Å². The lowest BCUT2D eigenvalue weighted by Gasteiger charge is -2.35. The summed E-state index contributed by atoms with van der Waals surface area (Å²) in [6.45, 7) is 7.07. The molecular formula is C16H25N3O2. The monoisotopic (exact) mass is 291 g/mol. The summed E-state index contributed by atoms with van der Waals surface area (Å²) in [5.41, 5.74) is 1.29. The van der Waals surface area contributed by atoms with Gasteiger partial charge in [-0.1, -0.05) is 6.08 Å². The molecule has 0 spiro atoms. The second kappa shape index (κ2) is 6.73. The summed E-state index contributed by atoms with van der Waals surface area (Å²) in [7, 11) is 1.97. The zero-order valence-electron chi connectivity index (χ0n) is 12.8. The minimum atomic E-state index is 0.254. The number of aryl methyl sites for hydroxylation is 1.